The highest BCUT2D eigenvalue weighted by atomic mass is 35.5. The number of hydrogen-bond acceptors (Lipinski definition) is 5. The van der Waals surface area contributed by atoms with Crippen LogP contribution in [0.2, 0.25) is 5.02 Å². The van der Waals surface area contributed by atoms with Crippen LogP contribution in [0.25, 0.3) is 11.4 Å². The highest BCUT2D eigenvalue weighted by Gasteiger charge is 2.22. The van der Waals surface area contributed by atoms with Crippen molar-refractivity contribution in [1.29, 1.82) is 0 Å². The van der Waals surface area contributed by atoms with Gasteiger partial charge in [-0.3, -0.25) is 4.79 Å². The summed E-state index contributed by atoms with van der Waals surface area (Å²) in [5.74, 6) is 1.30. The standard InChI is InChI=1S/C23H24ClN3O3/c1-15(29-18-12-11-16-7-3-4-8-17(16)13-18)23(28)27(2)14-21-25-22(26-30-21)19-9-5-6-10-20(19)24/h5-6,9-13,15H,3-4,7-8,14H2,1-2H3/t15-/m1/s1. The number of rotatable bonds is 6. The molecule has 3 aromatic rings. The first-order chi connectivity index (χ1) is 14.5. The van der Waals surface area contributed by atoms with Crippen molar-refractivity contribution in [3.63, 3.8) is 0 Å². The quantitative estimate of drug-likeness (QED) is 0.572. The van der Waals surface area contributed by atoms with Gasteiger partial charge in [-0.25, -0.2) is 0 Å². The SMILES string of the molecule is C[C@@H](Oc1ccc2c(c1)CCCC2)C(=O)N(C)Cc1nc(-c2ccccc2Cl)no1. The monoisotopic (exact) mass is 425 g/mol. The van der Waals surface area contributed by atoms with Gasteiger partial charge < -0.3 is 14.2 Å². The third-order valence-corrected chi connectivity index (χ3v) is 5.64. The number of fused-ring (bicyclic) bond motifs is 1. The molecule has 1 atom stereocenters. The van der Waals surface area contributed by atoms with Gasteiger partial charge in [-0.2, -0.15) is 4.98 Å². The van der Waals surface area contributed by atoms with Gasteiger partial charge in [-0.1, -0.05) is 35.0 Å². The second kappa shape index (κ2) is 8.88. The van der Waals surface area contributed by atoms with Gasteiger partial charge in [0.15, 0.2) is 6.10 Å². The van der Waals surface area contributed by atoms with Crippen molar-refractivity contribution in [2.75, 3.05) is 7.05 Å². The van der Waals surface area contributed by atoms with Crippen LogP contribution in [-0.4, -0.2) is 34.1 Å². The van der Waals surface area contributed by atoms with Crippen LogP contribution in [0.4, 0.5) is 0 Å². The van der Waals surface area contributed by atoms with Gasteiger partial charge in [-0.15, -0.1) is 0 Å². The lowest BCUT2D eigenvalue weighted by molar-refractivity contribution is -0.137. The predicted molar refractivity (Wildman–Crippen MR) is 114 cm³/mol. The van der Waals surface area contributed by atoms with Crippen LogP contribution in [0, 0.1) is 0 Å². The summed E-state index contributed by atoms with van der Waals surface area (Å²) in [5.41, 5.74) is 3.40. The number of halogens is 1. The molecule has 0 fully saturated rings. The largest absolute Gasteiger partial charge is 0.481 e. The number of hydrogen-bond donors (Lipinski definition) is 0. The Balaban J connectivity index is 1.38. The Bertz CT molecular complexity index is 1050. The summed E-state index contributed by atoms with van der Waals surface area (Å²) >= 11 is 6.18. The van der Waals surface area contributed by atoms with Crippen LogP contribution >= 0.6 is 11.6 Å². The molecular weight excluding hydrogens is 402 g/mol. The molecule has 1 amide bonds. The number of carbonyl (C=O) groups excluding carboxylic acids is 1. The van der Waals surface area contributed by atoms with Gasteiger partial charge in [0.25, 0.3) is 5.91 Å². The molecular formula is C23H24ClN3O3. The third kappa shape index (κ3) is 4.49. The zero-order chi connectivity index (χ0) is 21.1. The van der Waals surface area contributed by atoms with Crippen LogP contribution in [0.15, 0.2) is 47.0 Å². The van der Waals surface area contributed by atoms with Gasteiger partial charge >= 0.3 is 0 Å². The normalized spacial score (nSPS) is 14.1. The summed E-state index contributed by atoms with van der Waals surface area (Å²) in [7, 11) is 1.69. The van der Waals surface area contributed by atoms with E-state index in [9.17, 15) is 4.79 Å². The molecule has 156 valence electrons. The molecule has 30 heavy (non-hydrogen) atoms. The van der Waals surface area contributed by atoms with E-state index in [2.05, 4.69) is 22.3 Å². The van der Waals surface area contributed by atoms with E-state index in [1.165, 1.54) is 28.9 Å². The highest BCUT2D eigenvalue weighted by Crippen LogP contribution is 2.27. The fourth-order valence-corrected chi connectivity index (χ4v) is 3.92. The summed E-state index contributed by atoms with van der Waals surface area (Å²) in [6.07, 6.45) is 4.00. The number of benzene rings is 2. The fraction of sp³-hybridized carbons (Fsp3) is 0.348. The molecule has 0 saturated heterocycles. The first-order valence-electron chi connectivity index (χ1n) is 10.1. The molecule has 1 aliphatic carbocycles. The second-order valence-corrected chi connectivity index (χ2v) is 7.99. The maximum Gasteiger partial charge on any atom is 0.263 e. The zero-order valence-corrected chi connectivity index (χ0v) is 17.9. The lowest BCUT2D eigenvalue weighted by Crippen LogP contribution is -2.37. The molecule has 2 aromatic carbocycles. The fourth-order valence-electron chi connectivity index (χ4n) is 3.70. The van der Waals surface area contributed by atoms with Gasteiger partial charge in [0.1, 0.15) is 5.75 Å². The molecule has 6 nitrogen and oxygen atoms in total. The van der Waals surface area contributed by atoms with E-state index in [0.29, 0.717) is 22.3 Å². The lowest BCUT2D eigenvalue weighted by Gasteiger charge is -2.22. The maximum absolute atomic E-state index is 12.8. The van der Waals surface area contributed by atoms with Crippen molar-refractivity contribution in [2.45, 2.75) is 45.3 Å². The summed E-state index contributed by atoms with van der Waals surface area (Å²) in [6.45, 7) is 1.94. The molecule has 7 heteroatoms. The van der Waals surface area contributed by atoms with Crippen molar-refractivity contribution in [2.24, 2.45) is 0 Å². The number of ether oxygens (including phenoxy) is 1. The number of likely N-dealkylation sites (N-methyl/N-ethyl adjacent to an activating group) is 1. The Kier molecular flexibility index (Phi) is 6.04. The molecule has 1 aliphatic rings. The molecule has 1 heterocycles. The topological polar surface area (TPSA) is 68.5 Å². The van der Waals surface area contributed by atoms with Crippen molar-refractivity contribution in [3.05, 3.63) is 64.5 Å². The van der Waals surface area contributed by atoms with Gasteiger partial charge in [0.2, 0.25) is 11.7 Å². The number of amides is 1. The molecule has 4 rings (SSSR count). The number of aromatic nitrogens is 2. The summed E-state index contributed by atoms with van der Waals surface area (Å²) < 4.78 is 11.2. The van der Waals surface area contributed by atoms with Gasteiger partial charge in [0.05, 0.1) is 11.6 Å². The molecule has 0 bridgehead atoms. The van der Waals surface area contributed by atoms with E-state index in [4.69, 9.17) is 20.9 Å². The molecule has 1 aromatic heterocycles. The Morgan fingerprint density at radius 3 is 2.77 bits per heavy atom. The summed E-state index contributed by atoms with van der Waals surface area (Å²) in [5, 5.41) is 4.52. The van der Waals surface area contributed by atoms with E-state index >= 15 is 0 Å². The van der Waals surface area contributed by atoms with Crippen molar-refractivity contribution in [1.82, 2.24) is 15.0 Å². The van der Waals surface area contributed by atoms with E-state index in [0.717, 1.165) is 18.6 Å². The molecule has 0 radical (unpaired) electrons. The minimum atomic E-state index is -0.623. The Labute approximate surface area is 180 Å². The smallest absolute Gasteiger partial charge is 0.263 e. The Hall–Kier alpha value is -2.86. The van der Waals surface area contributed by atoms with E-state index in [1.54, 1.807) is 20.0 Å². The number of nitrogens with zero attached hydrogens (tertiary/aromatic N) is 3. The highest BCUT2D eigenvalue weighted by molar-refractivity contribution is 6.33. The van der Waals surface area contributed by atoms with Crippen LogP contribution in [0.1, 0.15) is 36.8 Å². The molecule has 0 N–H and O–H groups in total. The third-order valence-electron chi connectivity index (χ3n) is 5.31. The molecule has 0 unspecified atom stereocenters. The van der Waals surface area contributed by atoms with E-state index in [-0.39, 0.29) is 12.5 Å². The summed E-state index contributed by atoms with van der Waals surface area (Å²) in [4.78, 5) is 18.6. The van der Waals surface area contributed by atoms with E-state index in [1.807, 2.05) is 24.3 Å². The minimum absolute atomic E-state index is 0.162. The summed E-state index contributed by atoms with van der Waals surface area (Å²) in [6, 6.07) is 13.4. The Morgan fingerprint density at radius 2 is 1.97 bits per heavy atom. The van der Waals surface area contributed by atoms with Crippen LogP contribution < -0.4 is 4.74 Å². The lowest BCUT2D eigenvalue weighted by atomic mass is 9.92. The first-order valence-corrected chi connectivity index (χ1v) is 10.5. The first kappa shape index (κ1) is 20.4. The minimum Gasteiger partial charge on any atom is -0.481 e. The average molecular weight is 426 g/mol. The number of carbonyl (C=O) groups is 1. The predicted octanol–water partition coefficient (Wildman–Crippen LogP) is 4.69. The molecule has 0 saturated carbocycles. The molecule has 0 aliphatic heterocycles. The van der Waals surface area contributed by atoms with Crippen molar-refractivity contribution in [3.8, 4) is 17.1 Å². The van der Waals surface area contributed by atoms with Crippen molar-refractivity contribution < 1.29 is 14.1 Å². The van der Waals surface area contributed by atoms with Gasteiger partial charge in [0, 0.05) is 12.6 Å². The van der Waals surface area contributed by atoms with Crippen LogP contribution in [0.5, 0.6) is 5.75 Å². The van der Waals surface area contributed by atoms with Crippen LogP contribution in [0.3, 0.4) is 0 Å². The Morgan fingerprint density at radius 1 is 1.20 bits per heavy atom. The molecule has 0 spiro atoms. The second-order valence-electron chi connectivity index (χ2n) is 7.58. The number of aryl methyl sites for hydroxylation is 2. The van der Waals surface area contributed by atoms with E-state index < -0.39 is 6.10 Å². The van der Waals surface area contributed by atoms with Gasteiger partial charge in [-0.05, 0) is 68.0 Å². The maximum atomic E-state index is 12.8. The van der Waals surface area contributed by atoms with Crippen LogP contribution in [-0.2, 0) is 24.2 Å². The zero-order valence-electron chi connectivity index (χ0n) is 17.1. The average Bonchev–Trinajstić information content (AvgIpc) is 3.21. The van der Waals surface area contributed by atoms with Crippen molar-refractivity contribution >= 4 is 17.5 Å².